The highest BCUT2D eigenvalue weighted by Crippen LogP contribution is 2.31. The summed E-state index contributed by atoms with van der Waals surface area (Å²) in [5.74, 6) is 0.177. The third kappa shape index (κ3) is 4.98. The van der Waals surface area contributed by atoms with Crippen molar-refractivity contribution in [2.75, 3.05) is 0 Å². The van der Waals surface area contributed by atoms with Crippen LogP contribution in [0, 0.1) is 5.41 Å². The molecule has 0 saturated heterocycles. The molecule has 0 aromatic carbocycles. The van der Waals surface area contributed by atoms with Crippen LogP contribution in [0.5, 0.6) is 0 Å². The summed E-state index contributed by atoms with van der Waals surface area (Å²) < 4.78 is 67.6. The van der Waals surface area contributed by atoms with E-state index in [1.165, 1.54) is 13.1 Å². The zero-order valence-electron chi connectivity index (χ0n) is 10.9. The van der Waals surface area contributed by atoms with Gasteiger partial charge in [0.2, 0.25) is 0 Å². The van der Waals surface area contributed by atoms with Gasteiger partial charge in [-0.05, 0) is 13.1 Å². The molecule has 0 aromatic rings. The van der Waals surface area contributed by atoms with Crippen molar-refractivity contribution in [3.63, 3.8) is 0 Å². The van der Waals surface area contributed by atoms with Gasteiger partial charge in [-0.15, -0.1) is 0 Å². The molecule has 0 saturated carbocycles. The van der Waals surface area contributed by atoms with Gasteiger partial charge >= 0.3 is 24.2 Å². The number of rotatable bonds is 4. The summed E-state index contributed by atoms with van der Waals surface area (Å²) in [5.41, 5.74) is -5.97. The third-order valence-electron chi connectivity index (χ3n) is 1.80. The highest BCUT2D eigenvalue weighted by atomic mass is 32.2. The molecule has 0 aliphatic heterocycles. The largest absolute Gasteiger partial charge is 0.524 e. The second-order valence-corrected chi connectivity index (χ2v) is 10.2. The molecule has 0 aliphatic carbocycles. The standard InChI is InChI=1S/C9H17F3O4SSi/c1-7(8(2,3)4)15-18(5,6)16-17(13,14)9(10,11)12/h1H2,2-6H3. The van der Waals surface area contributed by atoms with Crippen LogP contribution in [0.25, 0.3) is 0 Å². The molecule has 0 N–H and O–H groups in total. The fraction of sp³-hybridized carbons (Fsp3) is 0.778. The van der Waals surface area contributed by atoms with Crippen LogP contribution in [0.15, 0.2) is 12.3 Å². The Balaban J connectivity index is 4.96. The summed E-state index contributed by atoms with van der Waals surface area (Å²) >= 11 is 0. The van der Waals surface area contributed by atoms with E-state index in [2.05, 4.69) is 10.5 Å². The van der Waals surface area contributed by atoms with Crippen molar-refractivity contribution in [1.29, 1.82) is 0 Å². The van der Waals surface area contributed by atoms with Crippen LogP contribution in [-0.4, -0.2) is 22.5 Å². The van der Waals surface area contributed by atoms with Gasteiger partial charge in [0.25, 0.3) is 0 Å². The molecule has 0 aliphatic rings. The molecule has 9 heteroatoms. The second kappa shape index (κ2) is 4.86. The van der Waals surface area contributed by atoms with Gasteiger partial charge in [0, 0.05) is 5.41 Å². The summed E-state index contributed by atoms with van der Waals surface area (Å²) in [6, 6.07) is 0. The molecule has 0 rings (SSSR count). The normalized spacial score (nSPS) is 14.4. The van der Waals surface area contributed by atoms with E-state index in [-0.39, 0.29) is 5.76 Å². The molecule has 0 bridgehead atoms. The van der Waals surface area contributed by atoms with Crippen molar-refractivity contribution in [2.24, 2.45) is 5.41 Å². The quantitative estimate of drug-likeness (QED) is 0.455. The Kier molecular flexibility index (Phi) is 4.71. The molecule has 0 unspecified atom stereocenters. The average Bonchev–Trinajstić information content (AvgIpc) is 1.95. The lowest BCUT2D eigenvalue weighted by molar-refractivity contribution is -0.0511. The van der Waals surface area contributed by atoms with E-state index in [0.717, 1.165) is 0 Å². The molecule has 18 heavy (non-hydrogen) atoms. The maximum absolute atomic E-state index is 12.2. The highest BCUT2D eigenvalue weighted by Gasteiger charge is 2.52. The number of hydrogen-bond donors (Lipinski definition) is 0. The topological polar surface area (TPSA) is 52.6 Å². The Bertz CT molecular complexity index is 420. The Labute approximate surface area is 106 Å². The second-order valence-electron chi connectivity index (χ2n) is 5.16. The van der Waals surface area contributed by atoms with E-state index in [1.54, 1.807) is 20.8 Å². The van der Waals surface area contributed by atoms with Crippen molar-refractivity contribution in [1.82, 2.24) is 0 Å². The van der Waals surface area contributed by atoms with Crippen LogP contribution in [0.2, 0.25) is 13.1 Å². The molecule has 0 atom stereocenters. The lowest BCUT2D eigenvalue weighted by Crippen LogP contribution is -2.42. The molecule has 0 aromatic heterocycles. The zero-order chi connectivity index (χ0) is 15.0. The molecule has 0 fully saturated rings. The maximum atomic E-state index is 12.2. The van der Waals surface area contributed by atoms with Crippen LogP contribution in [0.3, 0.4) is 0 Å². The van der Waals surface area contributed by atoms with Crippen LogP contribution in [0.4, 0.5) is 13.2 Å². The number of alkyl halides is 3. The third-order valence-corrected chi connectivity index (χ3v) is 5.59. The average molecular weight is 306 g/mol. The van der Waals surface area contributed by atoms with E-state index in [9.17, 15) is 21.6 Å². The van der Waals surface area contributed by atoms with Crippen LogP contribution in [0.1, 0.15) is 20.8 Å². The summed E-state index contributed by atoms with van der Waals surface area (Å²) in [4.78, 5) is 0. The first kappa shape index (κ1) is 17.5. The number of halogens is 3. The van der Waals surface area contributed by atoms with Gasteiger partial charge in [0.05, 0.1) is 5.76 Å². The van der Waals surface area contributed by atoms with Gasteiger partial charge in [-0.2, -0.15) is 21.6 Å². The smallest absolute Gasteiger partial charge is 0.522 e. The van der Waals surface area contributed by atoms with Gasteiger partial charge in [-0.3, -0.25) is 3.87 Å². The summed E-state index contributed by atoms with van der Waals surface area (Å²) in [5, 5.41) is 0. The van der Waals surface area contributed by atoms with E-state index in [0.29, 0.717) is 0 Å². The van der Waals surface area contributed by atoms with E-state index in [4.69, 9.17) is 4.43 Å². The Hall–Kier alpha value is -0.543. The summed E-state index contributed by atoms with van der Waals surface area (Å²) in [6.45, 7) is 11.2. The maximum Gasteiger partial charge on any atom is 0.522 e. The molecule has 0 heterocycles. The number of hydrogen-bond acceptors (Lipinski definition) is 4. The van der Waals surface area contributed by atoms with Gasteiger partial charge in [0.1, 0.15) is 0 Å². The van der Waals surface area contributed by atoms with Crippen molar-refractivity contribution in [3.05, 3.63) is 12.3 Å². The minimum atomic E-state index is -5.65. The van der Waals surface area contributed by atoms with Gasteiger partial charge in [0.15, 0.2) is 0 Å². The Morgan fingerprint density at radius 1 is 1.17 bits per heavy atom. The molecule has 4 nitrogen and oxygen atoms in total. The monoisotopic (exact) mass is 306 g/mol. The van der Waals surface area contributed by atoms with Crippen molar-refractivity contribution in [3.8, 4) is 0 Å². The van der Waals surface area contributed by atoms with E-state index >= 15 is 0 Å². The Morgan fingerprint density at radius 3 is 1.83 bits per heavy atom. The van der Waals surface area contributed by atoms with Crippen molar-refractivity contribution < 1.29 is 29.9 Å². The molecular formula is C9H17F3O4SSi. The molecule has 0 amide bonds. The summed E-state index contributed by atoms with van der Waals surface area (Å²) in [7, 11) is -9.18. The van der Waals surface area contributed by atoms with Gasteiger partial charge in [-0.1, -0.05) is 27.4 Å². The van der Waals surface area contributed by atoms with Crippen LogP contribution in [-0.2, 0) is 18.4 Å². The van der Waals surface area contributed by atoms with Gasteiger partial charge in [-0.25, -0.2) is 0 Å². The molecule has 108 valence electrons. The SMILES string of the molecule is C=C(O[Si](C)(C)OS(=O)(=O)C(F)(F)F)C(C)(C)C. The molecule has 0 radical (unpaired) electrons. The van der Waals surface area contributed by atoms with Crippen LogP contribution >= 0.6 is 0 Å². The van der Waals surface area contributed by atoms with Crippen molar-refractivity contribution >= 4 is 18.7 Å². The summed E-state index contributed by atoms with van der Waals surface area (Å²) in [6.07, 6.45) is 0. The first-order valence-electron chi connectivity index (χ1n) is 4.99. The van der Waals surface area contributed by atoms with E-state index in [1.807, 2.05) is 0 Å². The van der Waals surface area contributed by atoms with Crippen molar-refractivity contribution in [2.45, 2.75) is 39.4 Å². The van der Waals surface area contributed by atoms with Gasteiger partial charge < -0.3 is 4.43 Å². The predicted octanol–water partition coefficient (Wildman–Crippen LogP) is 3.13. The highest BCUT2D eigenvalue weighted by molar-refractivity contribution is 7.88. The minimum absolute atomic E-state index is 0.177. The minimum Gasteiger partial charge on any atom is -0.524 e. The lowest BCUT2D eigenvalue weighted by atomic mass is 9.95. The Morgan fingerprint density at radius 2 is 1.56 bits per heavy atom. The van der Waals surface area contributed by atoms with E-state index < -0.39 is 29.6 Å². The number of allylic oxidation sites excluding steroid dienone is 1. The molecule has 0 spiro atoms. The zero-order valence-corrected chi connectivity index (χ0v) is 12.7. The fourth-order valence-electron chi connectivity index (χ4n) is 0.778. The lowest BCUT2D eigenvalue weighted by Gasteiger charge is -2.30. The predicted molar refractivity (Wildman–Crippen MR) is 63.2 cm³/mol. The first-order chi connectivity index (χ1) is 7.58. The van der Waals surface area contributed by atoms with Crippen LogP contribution < -0.4 is 0 Å². The first-order valence-corrected chi connectivity index (χ1v) is 9.21. The fourth-order valence-corrected chi connectivity index (χ4v) is 4.31. The molecular weight excluding hydrogens is 289 g/mol.